The Morgan fingerprint density at radius 1 is 0.816 bits per heavy atom. The maximum absolute atomic E-state index is 14.6. The van der Waals surface area contributed by atoms with Crippen LogP contribution in [0.1, 0.15) is 98.7 Å². The zero-order valence-corrected chi connectivity index (χ0v) is 60.8. The molecule has 7 aromatic rings. The Morgan fingerprint density at radius 3 is 2.27 bits per heavy atom. The fourth-order valence-corrected chi connectivity index (χ4v) is 16.5. The van der Waals surface area contributed by atoms with E-state index in [1.54, 1.807) is 53.0 Å². The summed E-state index contributed by atoms with van der Waals surface area (Å²) in [6, 6.07) is 29.8. The average molecular weight is 1500 g/mol. The molecule has 4 aliphatic rings. The van der Waals surface area contributed by atoms with E-state index in [2.05, 4.69) is 71.9 Å². The number of carbonyl (C=O) groups excluding carboxylic acids is 4. The normalized spacial score (nSPS) is 17.5. The van der Waals surface area contributed by atoms with E-state index in [1.165, 1.54) is 45.2 Å². The molecule has 4 N–H and O–H groups in total. The number of nitrogens with one attached hydrogen (secondary N) is 4. The minimum atomic E-state index is -6.17. The smallest absolute Gasteiger partial charge is 0.382 e. The third-order valence-electron chi connectivity index (χ3n) is 19.0. The Balaban J connectivity index is 0.623. The Kier molecular flexibility index (Phi) is 24.8. The van der Waals surface area contributed by atoms with E-state index in [0.29, 0.717) is 118 Å². The van der Waals surface area contributed by atoms with Crippen molar-refractivity contribution in [2.24, 2.45) is 5.41 Å². The largest absolute Gasteiger partial charge is 0.501 e. The van der Waals surface area contributed by atoms with Crippen LogP contribution in [0.15, 0.2) is 147 Å². The number of alkyl halides is 3. The minimum absolute atomic E-state index is 0.0366. The quantitative estimate of drug-likeness (QED) is 0.0185. The summed E-state index contributed by atoms with van der Waals surface area (Å²) in [5.41, 5.74) is -0.0844. The van der Waals surface area contributed by atoms with Gasteiger partial charge < -0.3 is 29.9 Å². The van der Waals surface area contributed by atoms with Gasteiger partial charge in [0, 0.05) is 130 Å². The first-order chi connectivity index (χ1) is 49.3. The number of imide groups is 1. The topological polar surface area (TPSA) is 282 Å². The second-order valence-electron chi connectivity index (χ2n) is 26.9. The van der Waals surface area contributed by atoms with Gasteiger partial charge in [-0.3, -0.25) is 48.3 Å². The van der Waals surface area contributed by atoms with E-state index in [4.69, 9.17) is 21.1 Å². The molecular weight excluding hydrogens is 1410 g/mol. The van der Waals surface area contributed by atoms with Crippen molar-refractivity contribution in [3.63, 3.8) is 0 Å². The van der Waals surface area contributed by atoms with Gasteiger partial charge in [0.1, 0.15) is 22.5 Å². The number of anilines is 3. The van der Waals surface area contributed by atoms with Crippen molar-refractivity contribution >= 4 is 100 Å². The van der Waals surface area contributed by atoms with Gasteiger partial charge in [-0.2, -0.15) is 13.2 Å². The molecule has 0 radical (unpaired) electrons. The van der Waals surface area contributed by atoms with Crippen molar-refractivity contribution in [3.05, 3.63) is 165 Å². The number of nitrogens with zero attached hydrogens (tertiary/aromatic N) is 9. The number of thioether (sulfide) groups is 1. The highest BCUT2D eigenvalue weighted by molar-refractivity contribution is 7.99. The van der Waals surface area contributed by atoms with Crippen molar-refractivity contribution in [2.45, 2.75) is 118 Å². The molecule has 2 atom stereocenters. The molecule has 3 saturated heterocycles. The number of piperidine rings is 1. The number of carbonyl (C=O) groups is 4. The van der Waals surface area contributed by atoms with Crippen LogP contribution in [-0.4, -0.2) is 189 Å². The number of aromatic nitrogens is 5. The molecule has 2 aromatic heterocycles. The van der Waals surface area contributed by atoms with Crippen LogP contribution in [0.5, 0.6) is 0 Å². The number of piperazine rings is 2. The maximum Gasteiger partial charge on any atom is 0.501 e. The minimum Gasteiger partial charge on any atom is -0.382 e. The van der Waals surface area contributed by atoms with Crippen LogP contribution in [0.25, 0.3) is 16.5 Å². The molecule has 3 fully saturated rings. The van der Waals surface area contributed by atoms with Crippen LogP contribution < -0.4 is 31.1 Å². The highest BCUT2D eigenvalue weighted by Crippen LogP contribution is 2.43. The van der Waals surface area contributed by atoms with Gasteiger partial charge in [0.2, 0.25) is 17.7 Å². The molecule has 11 rings (SSSR count). The van der Waals surface area contributed by atoms with Crippen molar-refractivity contribution in [1.29, 1.82) is 0 Å². The third kappa shape index (κ3) is 19.6. The van der Waals surface area contributed by atoms with Crippen molar-refractivity contribution < 1.29 is 58.7 Å². The number of halogens is 4. The summed E-state index contributed by atoms with van der Waals surface area (Å²) in [6.07, 6.45) is 6.24. The monoisotopic (exact) mass is 1500 g/mol. The Hall–Kier alpha value is -8.23. The average Bonchev–Trinajstić information content (AvgIpc) is 1.06. The van der Waals surface area contributed by atoms with Crippen LogP contribution in [0.2, 0.25) is 5.02 Å². The molecule has 550 valence electrons. The lowest BCUT2D eigenvalue weighted by molar-refractivity contribution is -0.136. The molecule has 1 aliphatic carbocycles. The number of fused-ring (bicyclic) bond motifs is 1. The fraction of sp³-hybridized carbons (Fsp3) is 0.444. The molecule has 0 saturated carbocycles. The number of hydrogen-bond acceptors (Lipinski definition) is 20. The number of rotatable bonds is 30. The Morgan fingerprint density at radius 2 is 1.54 bits per heavy atom. The van der Waals surface area contributed by atoms with Gasteiger partial charge in [0.05, 0.1) is 54.1 Å². The summed E-state index contributed by atoms with van der Waals surface area (Å²) >= 11 is 7.62. The number of amides is 4. The SMILES string of the molecule is Cc1nc2cccc(NCCOCCOCc3cn(CCCC(=O)N4CCN(CC[C@H](CSc5ccccc5)Nc5ccc(S(=O)(=O)NC(=O)c6ccc(N7CCN(CC8=C(c9ccc(Cl)cc9)CCC(C)(C)C8)CC7)cc6)cc5S(=O)(=O)C(F)(F)F)CC4)nn3)c2c(=O)n1C1CCC(=O)NC1=O. The number of hydrogen-bond donors (Lipinski definition) is 4. The molecule has 3 aliphatic heterocycles. The van der Waals surface area contributed by atoms with Gasteiger partial charge in [-0.25, -0.2) is 26.5 Å². The predicted octanol–water partition coefficient (Wildman–Crippen LogP) is 9.36. The predicted molar refractivity (Wildman–Crippen MR) is 388 cm³/mol. The molecule has 103 heavy (non-hydrogen) atoms. The standard InChI is InChI=1S/C72H85ClF3N13O11S3/c1-49-78-62-12-7-11-61(67(62)70(94)89(49)63-24-25-65(90)80-69(63)93)77-29-40-99-41-42-100-47-55-46-88(83-81-55)30-8-13-66(91)87-38-32-84(33-39-87)31-27-54(48-101-57-9-5-4-6-10-57)79-60-23-22-58(43-64(60)102(95,96)72(74,75)76)103(97,98)82-68(92)51-16-20-56(21-17-51)86-36-34-85(35-37-86)45-52-44-71(2,3)28-26-59(52)50-14-18-53(73)19-15-50/h4-7,9-12,14-23,43,46,54,63,77,79H,8,13,24-42,44-45,47-48H2,1-3H3,(H,82,92)(H,80,90,93)/t54-,63?/m1/s1. The fourth-order valence-electron chi connectivity index (χ4n) is 13.4. The van der Waals surface area contributed by atoms with E-state index < -0.39 is 64.7 Å². The lowest BCUT2D eigenvalue weighted by Gasteiger charge is -2.39. The van der Waals surface area contributed by atoms with E-state index in [9.17, 15) is 54.0 Å². The first-order valence-corrected chi connectivity index (χ1v) is 38.8. The highest BCUT2D eigenvalue weighted by atomic mass is 35.5. The summed E-state index contributed by atoms with van der Waals surface area (Å²) in [7, 11) is -11.1. The first-order valence-electron chi connectivity index (χ1n) is 34.4. The molecular formula is C72H85ClF3N13O11S3. The summed E-state index contributed by atoms with van der Waals surface area (Å²) in [5, 5.41) is 18.0. The number of sulfonamides is 1. The zero-order chi connectivity index (χ0) is 73.1. The summed E-state index contributed by atoms with van der Waals surface area (Å²) in [5.74, 6) is -1.36. The van der Waals surface area contributed by atoms with Crippen LogP contribution in [0, 0.1) is 12.3 Å². The van der Waals surface area contributed by atoms with Gasteiger partial charge >= 0.3 is 5.51 Å². The molecule has 5 aromatic carbocycles. The summed E-state index contributed by atoms with van der Waals surface area (Å²) in [4.78, 5) is 76.9. The first kappa shape index (κ1) is 75.9. The number of ether oxygens (including phenoxy) is 2. The Labute approximate surface area is 606 Å². The molecule has 24 nitrogen and oxygen atoms in total. The molecule has 31 heteroatoms. The van der Waals surface area contributed by atoms with Crippen LogP contribution in [-0.2, 0) is 56.9 Å². The van der Waals surface area contributed by atoms with Crippen molar-refractivity contribution in [1.82, 2.24) is 49.3 Å². The van der Waals surface area contributed by atoms with E-state index in [1.807, 2.05) is 47.2 Å². The molecule has 5 heterocycles. The lowest BCUT2D eigenvalue weighted by atomic mass is 9.73. The number of allylic oxidation sites excluding steroid dienone is 1. The summed E-state index contributed by atoms with van der Waals surface area (Å²) in [6.45, 7) is 14.2. The molecule has 0 spiro atoms. The van der Waals surface area contributed by atoms with Crippen LogP contribution >= 0.6 is 23.4 Å². The van der Waals surface area contributed by atoms with Crippen molar-refractivity contribution in [2.75, 3.05) is 113 Å². The number of benzene rings is 5. The van der Waals surface area contributed by atoms with E-state index in [-0.39, 0.29) is 73.2 Å². The van der Waals surface area contributed by atoms with E-state index in [0.717, 1.165) is 61.6 Å². The van der Waals surface area contributed by atoms with Crippen LogP contribution in [0.3, 0.4) is 0 Å². The lowest BCUT2D eigenvalue weighted by Crippen LogP contribution is -2.49. The van der Waals surface area contributed by atoms with Gasteiger partial charge in [0.15, 0.2) is 0 Å². The second-order valence-corrected chi connectivity index (χ2v) is 32.0. The Bertz CT molecular complexity index is 4510. The number of aryl methyl sites for hydroxylation is 2. The number of sulfone groups is 1. The molecule has 4 amide bonds. The molecule has 0 bridgehead atoms. The third-order valence-corrected chi connectivity index (χ3v) is 23.3. The second kappa shape index (κ2) is 33.7. The van der Waals surface area contributed by atoms with Gasteiger partial charge in [0.25, 0.3) is 31.3 Å². The van der Waals surface area contributed by atoms with Gasteiger partial charge in [-0.1, -0.05) is 72.6 Å². The highest BCUT2D eigenvalue weighted by Gasteiger charge is 2.49. The van der Waals surface area contributed by atoms with Crippen molar-refractivity contribution in [3.8, 4) is 0 Å². The maximum atomic E-state index is 14.6. The van der Waals surface area contributed by atoms with Crippen LogP contribution in [0.4, 0.5) is 30.2 Å². The van der Waals surface area contributed by atoms with Gasteiger partial charge in [-0.15, -0.1) is 16.9 Å². The van der Waals surface area contributed by atoms with Gasteiger partial charge in [-0.05, 0) is 141 Å². The summed E-state index contributed by atoms with van der Waals surface area (Å²) < 4.78 is 115. The molecule has 1 unspecified atom stereocenters. The van der Waals surface area contributed by atoms with E-state index >= 15 is 0 Å². The zero-order valence-electron chi connectivity index (χ0n) is 57.6.